The number of benzene rings is 1. The zero-order valence-electron chi connectivity index (χ0n) is 12.8. The summed E-state index contributed by atoms with van der Waals surface area (Å²) in [4.78, 5) is 25.9. The van der Waals surface area contributed by atoms with Crippen LogP contribution in [0.25, 0.3) is 0 Å². The lowest BCUT2D eigenvalue weighted by Gasteiger charge is -2.23. The van der Waals surface area contributed by atoms with Crippen LogP contribution in [0.4, 0.5) is 10.5 Å². The highest BCUT2D eigenvalue weighted by Crippen LogP contribution is 2.27. The van der Waals surface area contributed by atoms with Crippen LogP contribution in [0.5, 0.6) is 0 Å². The van der Waals surface area contributed by atoms with Crippen LogP contribution in [0.2, 0.25) is 0 Å². The number of amides is 2. The highest BCUT2D eigenvalue weighted by atomic mass is 16.5. The fraction of sp³-hybridized carbons (Fsp3) is 0.500. The maximum Gasteiger partial charge on any atom is 0.328 e. The number of urea groups is 1. The van der Waals surface area contributed by atoms with Gasteiger partial charge in [0.25, 0.3) is 0 Å². The van der Waals surface area contributed by atoms with E-state index in [0.717, 1.165) is 17.7 Å². The van der Waals surface area contributed by atoms with Crippen molar-refractivity contribution >= 4 is 17.7 Å². The first kappa shape index (κ1) is 15.4. The molecule has 1 atom stereocenters. The van der Waals surface area contributed by atoms with Crippen LogP contribution in [0.1, 0.15) is 25.8 Å². The summed E-state index contributed by atoms with van der Waals surface area (Å²) in [6.07, 6.45) is 1.41. The molecular formula is C16H22N2O3. The number of hydrogen-bond donors (Lipinski definition) is 1. The Bertz CT molecular complexity index is 528. The molecule has 0 radical (unpaired) electrons. The van der Waals surface area contributed by atoms with Gasteiger partial charge in [-0.25, -0.2) is 9.59 Å². The third-order valence-corrected chi connectivity index (χ3v) is 3.62. The van der Waals surface area contributed by atoms with E-state index in [2.05, 4.69) is 5.32 Å². The van der Waals surface area contributed by atoms with Crippen LogP contribution < -0.4 is 10.2 Å². The summed E-state index contributed by atoms with van der Waals surface area (Å²) in [5.74, 6) is -0.107. The third-order valence-electron chi connectivity index (χ3n) is 3.62. The van der Waals surface area contributed by atoms with E-state index < -0.39 is 12.0 Å². The van der Waals surface area contributed by atoms with Crippen molar-refractivity contribution in [2.75, 3.05) is 18.6 Å². The molecule has 0 fully saturated rings. The molecule has 0 saturated heterocycles. The summed E-state index contributed by atoms with van der Waals surface area (Å²) >= 11 is 0. The van der Waals surface area contributed by atoms with Crippen LogP contribution in [0.15, 0.2) is 24.3 Å². The van der Waals surface area contributed by atoms with Gasteiger partial charge in [-0.15, -0.1) is 0 Å². The van der Waals surface area contributed by atoms with E-state index in [4.69, 9.17) is 4.74 Å². The minimum atomic E-state index is -0.602. The van der Waals surface area contributed by atoms with E-state index in [-0.39, 0.29) is 6.03 Å². The van der Waals surface area contributed by atoms with Gasteiger partial charge in [0, 0.05) is 12.2 Å². The van der Waals surface area contributed by atoms with Crippen molar-refractivity contribution in [1.29, 1.82) is 0 Å². The third kappa shape index (κ3) is 3.54. The van der Waals surface area contributed by atoms with Crippen molar-refractivity contribution < 1.29 is 14.3 Å². The number of nitrogens with zero attached hydrogens (tertiary/aromatic N) is 1. The molecule has 0 bridgehead atoms. The Morgan fingerprint density at radius 1 is 1.33 bits per heavy atom. The van der Waals surface area contributed by atoms with Crippen molar-refractivity contribution in [1.82, 2.24) is 5.32 Å². The van der Waals surface area contributed by atoms with Gasteiger partial charge in [-0.05, 0) is 30.4 Å². The minimum Gasteiger partial charge on any atom is -0.467 e. The van der Waals surface area contributed by atoms with Crippen molar-refractivity contribution in [3.8, 4) is 0 Å². The first-order valence-corrected chi connectivity index (χ1v) is 7.26. The highest BCUT2D eigenvalue weighted by Gasteiger charge is 2.29. The SMILES string of the molecule is COC(=O)[C@@H](CC(C)C)NC(=O)N1CCc2ccccc21. The van der Waals surface area contributed by atoms with Crippen molar-refractivity contribution in [2.45, 2.75) is 32.7 Å². The summed E-state index contributed by atoms with van der Waals surface area (Å²) < 4.78 is 4.77. The van der Waals surface area contributed by atoms with Gasteiger partial charge < -0.3 is 10.1 Å². The molecule has 0 saturated carbocycles. The second-order valence-corrected chi connectivity index (χ2v) is 5.69. The molecule has 5 heteroatoms. The van der Waals surface area contributed by atoms with Crippen molar-refractivity contribution in [3.05, 3.63) is 29.8 Å². The zero-order valence-corrected chi connectivity index (χ0v) is 12.8. The molecule has 1 aromatic rings. The lowest BCUT2D eigenvalue weighted by Crippen LogP contribution is -2.48. The number of fused-ring (bicyclic) bond motifs is 1. The summed E-state index contributed by atoms with van der Waals surface area (Å²) in [5, 5.41) is 2.79. The van der Waals surface area contributed by atoms with Crippen LogP contribution in [-0.2, 0) is 16.0 Å². The van der Waals surface area contributed by atoms with Gasteiger partial charge in [0.15, 0.2) is 0 Å². The van der Waals surface area contributed by atoms with Gasteiger partial charge in [0.1, 0.15) is 6.04 Å². The molecule has 1 N–H and O–H groups in total. The van der Waals surface area contributed by atoms with Crippen LogP contribution in [-0.4, -0.2) is 31.7 Å². The fourth-order valence-electron chi connectivity index (χ4n) is 2.60. The lowest BCUT2D eigenvalue weighted by atomic mass is 10.0. The molecule has 0 spiro atoms. The number of esters is 1. The Kier molecular flexibility index (Phi) is 4.83. The maximum atomic E-state index is 12.4. The number of carbonyl (C=O) groups is 2. The standard InChI is InChI=1S/C16H22N2O3/c1-11(2)10-13(15(19)21-3)17-16(20)18-9-8-12-6-4-5-7-14(12)18/h4-7,11,13H,8-10H2,1-3H3,(H,17,20)/t13-/m1/s1. The molecule has 2 rings (SSSR count). The molecule has 0 aromatic heterocycles. The predicted molar refractivity (Wildman–Crippen MR) is 81.3 cm³/mol. The number of methoxy groups -OCH3 is 1. The Balaban J connectivity index is 2.08. The Morgan fingerprint density at radius 3 is 2.71 bits per heavy atom. The molecule has 1 aliphatic rings. The quantitative estimate of drug-likeness (QED) is 0.866. The average Bonchev–Trinajstić information content (AvgIpc) is 2.89. The summed E-state index contributed by atoms with van der Waals surface area (Å²) in [6, 6.07) is 6.99. The van der Waals surface area contributed by atoms with Crippen molar-refractivity contribution in [3.63, 3.8) is 0 Å². The summed E-state index contributed by atoms with van der Waals surface area (Å²) in [7, 11) is 1.34. The molecule has 0 aliphatic carbocycles. The van der Waals surface area contributed by atoms with Crippen molar-refractivity contribution in [2.24, 2.45) is 5.92 Å². The molecule has 0 unspecified atom stereocenters. The number of rotatable bonds is 4. The molecule has 5 nitrogen and oxygen atoms in total. The van der Waals surface area contributed by atoms with Gasteiger partial charge in [0.2, 0.25) is 0 Å². The monoisotopic (exact) mass is 290 g/mol. The zero-order chi connectivity index (χ0) is 15.4. The van der Waals surface area contributed by atoms with E-state index >= 15 is 0 Å². The molecule has 2 amide bonds. The van der Waals surface area contributed by atoms with E-state index in [0.29, 0.717) is 18.9 Å². The molecule has 114 valence electrons. The van der Waals surface area contributed by atoms with Crippen LogP contribution >= 0.6 is 0 Å². The predicted octanol–water partition coefficient (Wildman–Crippen LogP) is 2.35. The number of carbonyl (C=O) groups excluding carboxylic acids is 2. The number of para-hydroxylation sites is 1. The van der Waals surface area contributed by atoms with E-state index in [1.54, 1.807) is 4.90 Å². The molecule has 21 heavy (non-hydrogen) atoms. The van der Waals surface area contributed by atoms with Gasteiger partial charge in [0.05, 0.1) is 7.11 Å². The van der Waals surface area contributed by atoms with Gasteiger partial charge in [-0.2, -0.15) is 0 Å². The fourth-order valence-corrected chi connectivity index (χ4v) is 2.60. The van der Waals surface area contributed by atoms with Gasteiger partial charge in [-0.3, -0.25) is 4.90 Å². The second-order valence-electron chi connectivity index (χ2n) is 5.69. The smallest absolute Gasteiger partial charge is 0.328 e. The summed E-state index contributed by atoms with van der Waals surface area (Å²) in [5.41, 5.74) is 2.08. The second kappa shape index (κ2) is 6.61. The van der Waals surface area contributed by atoms with Crippen LogP contribution in [0, 0.1) is 5.92 Å². The summed E-state index contributed by atoms with van der Waals surface area (Å²) in [6.45, 7) is 4.65. The molecule has 1 heterocycles. The number of nitrogens with one attached hydrogen (secondary N) is 1. The van der Waals surface area contributed by atoms with Gasteiger partial charge >= 0.3 is 12.0 Å². The number of hydrogen-bond acceptors (Lipinski definition) is 3. The number of anilines is 1. The van der Waals surface area contributed by atoms with Gasteiger partial charge in [-0.1, -0.05) is 32.0 Å². The average molecular weight is 290 g/mol. The molecule has 1 aromatic carbocycles. The van der Waals surface area contributed by atoms with Crippen LogP contribution in [0.3, 0.4) is 0 Å². The number of ether oxygens (including phenoxy) is 1. The topological polar surface area (TPSA) is 58.6 Å². The first-order chi connectivity index (χ1) is 10.0. The molecule has 1 aliphatic heterocycles. The largest absolute Gasteiger partial charge is 0.467 e. The first-order valence-electron chi connectivity index (χ1n) is 7.26. The van der Waals surface area contributed by atoms with E-state index in [1.807, 2.05) is 38.1 Å². The normalized spacial score (nSPS) is 14.8. The Morgan fingerprint density at radius 2 is 2.05 bits per heavy atom. The Labute approximate surface area is 125 Å². The Hall–Kier alpha value is -2.04. The maximum absolute atomic E-state index is 12.4. The van der Waals surface area contributed by atoms with E-state index in [1.165, 1.54) is 7.11 Å². The minimum absolute atomic E-state index is 0.240. The highest BCUT2D eigenvalue weighted by molar-refractivity contribution is 5.96. The molecular weight excluding hydrogens is 268 g/mol. The van der Waals surface area contributed by atoms with E-state index in [9.17, 15) is 9.59 Å². The lowest BCUT2D eigenvalue weighted by molar-refractivity contribution is -0.143.